The fraction of sp³-hybridized carbons (Fsp3) is 0.0435. The number of carbonyl (C=O) groups is 1. The first-order valence-corrected chi connectivity index (χ1v) is 9.99. The lowest BCUT2D eigenvalue weighted by atomic mass is 10.0. The first-order valence-electron chi connectivity index (χ1n) is 9.18. The molecule has 2 heterocycles. The minimum absolute atomic E-state index is 0.0333. The average Bonchev–Trinajstić information content (AvgIpc) is 3.12. The van der Waals surface area contributed by atoms with Crippen molar-refractivity contribution in [2.45, 2.75) is 6.18 Å². The van der Waals surface area contributed by atoms with Crippen molar-refractivity contribution in [2.24, 2.45) is 0 Å². The number of para-hydroxylation sites is 1. The smallest absolute Gasteiger partial charge is 0.455 e. The van der Waals surface area contributed by atoms with Gasteiger partial charge in [0.05, 0.1) is 10.9 Å². The van der Waals surface area contributed by atoms with Gasteiger partial charge in [-0.25, -0.2) is 0 Å². The number of alkyl halides is 3. The maximum absolute atomic E-state index is 13.3. The molecule has 0 aliphatic rings. The van der Waals surface area contributed by atoms with Gasteiger partial charge in [-0.15, -0.1) is 11.3 Å². The summed E-state index contributed by atoms with van der Waals surface area (Å²) < 4.78 is 42.6. The van der Waals surface area contributed by atoms with Gasteiger partial charge in [-0.2, -0.15) is 13.2 Å². The van der Waals surface area contributed by atoms with Crippen molar-refractivity contribution < 1.29 is 23.1 Å². The van der Waals surface area contributed by atoms with Crippen molar-refractivity contribution in [1.82, 2.24) is 4.57 Å². The third kappa shape index (κ3) is 2.83. The maximum Gasteiger partial charge on any atom is 0.455 e. The molecule has 2 aromatic heterocycles. The van der Waals surface area contributed by atoms with Crippen LogP contribution in [0.25, 0.3) is 36.8 Å². The maximum atomic E-state index is 13.3. The largest absolute Gasteiger partial charge is 0.506 e. The summed E-state index contributed by atoms with van der Waals surface area (Å²) in [5.41, 5.74) is -2.01. The standard InChI is InChI=1S/C23H12F3NO3S/c24-23(25,26)21(29)19-20(28)18-14(27(22(19)30)12-6-2-1-3-7-12)10-11-16-17(18)13-8-4-5-9-15(13)31-16/h1-11,28H. The predicted molar refractivity (Wildman–Crippen MR) is 114 cm³/mol. The van der Waals surface area contributed by atoms with Gasteiger partial charge in [-0.3, -0.25) is 14.2 Å². The Kier molecular flexibility index (Phi) is 4.16. The van der Waals surface area contributed by atoms with Crippen molar-refractivity contribution in [2.75, 3.05) is 0 Å². The van der Waals surface area contributed by atoms with Crippen LogP contribution >= 0.6 is 11.3 Å². The number of halogens is 3. The van der Waals surface area contributed by atoms with Gasteiger partial charge < -0.3 is 5.11 Å². The molecule has 0 amide bonds. The number of Topliss-reactive ketones (excluding diaryl/α,β-unsaturated/α-hetero) is 1. The van der Waals surface area contributed by atoms with Gasteiger partial charge >= 0.3 is 6.18 Å². The molecule has 0 atom stereocenters. The number of hydrogen-bond donors (Lipinski definition) is 1. The van der Waals surface area contributed by atoms with E-state index in [1.807, 2.05) is 12.1 Å². The van der Waals surface area contributed by atoms with Gasteiger partial charge in [0.25, 0.3) is 11.3 Å². The molecular formula is C23H12F3NO3S. The number of aromatic nitrogens is 1. The SMILES string of the molecule is O=C(c1c(O)c2c3c(ccc2n(-c2ccccc2)c1=O)sc1ccccc13)C(F)(F)F. The van der Waals surface area contributed by atoms with E-state index in [4.69, 9.17) is 0 Å². The van der Waals surface area contributed by atoms with Gasteiger partial charge in [0, 0.05) is 25.9 Å². The van der Waals surface area contributed by atoms with E-state index in [1.165, 1.54) is 11.3 Å². The van der Waals surface area contributed by atoms with Crippen LogP contribution in [-0.2, 0) is 0 Å². The van der Waals surface area contributed by atoms with E-state index in [0.717, 1.165) is 9.27 Å². The summed E-state index contributed by atoms with van der Waals surface area (Å²) in [5.74, 6) is -3.33. The average molecular weight is 439 g/mol. The van der Waals surface area contributed by atoms with Gasteiger partial charge in [-0.05, 0) is 30.3 Å². The molecule has 0 saturated heterocycles. The molecule has 0 unspecified atom stereocenters. The number of carbonyl (C=O) groups excluding carboxylic acids is 1. The van der Waals surface area contributed by atoms with Crippen molar-refractivity contribution >= 4 is 48.2 Å². The Morgan fingerprint density at radius 1 is 0.871 bits per heavy atom. The first-order chi connectivity index (χ1) is 14.8. The van der Waals surface area contributed by atoms with E-state index in [1.54, 1.807) is 54.6 Å². The number of hydrogen-bond acceptors (Lipinski definition) is 4. The minimum Gasteiger partial charge on any atom is -0.506 e. The molecule has 0 fully saturated rings. The molecule has 31 heavy (non-hydrogen) atoms. The topological polar surface area (TPSA) is 59.3 Å². The molecule has 154 valence electrons. The van der Waals surface area contributed by atoms with Crippen LogP contribution in [-0.4, -0.2) is 21.6 Å². The van der Waals surface area contributed by atoms with E-state index in [0.29, 0.717) is 15.5 Å². The van der Waals surface area contributed by atoms with Gasteiger partial charge in [-0.1, -0.05) is 36.4 Å². The van der Waals surface area contributed by atoms with Crippen LogP contribution in [0.1, 0.15) is 10.4 Å². The molecular weight excluding hydrogens is 427 g/mol. The molecule has 0 aliphatic heterocycles. The highest BCUT2D eigenvalue weighted by Crippen LogP contribution is 2.43. The monoisotopic (exact) mass is 439 g/mol. The lowest BCUT2D eigenvalue weighted by Crippen LogP contribution is -2.33. The highest BCUT2D eigenvalue weighted by molar-refractivity contribution is 7.26. The van der Waals surface area contributed by atoms with Crippen molar-refractivity contribution in [3.05, 3.63) is 82.6 Å². The Morgan fingerprint density at radius 3 is 2.26 bits per heavy atom. The summed E-state index contributed by atoms with van der Waals surface area (Å²) in [5, 5.41) is 12.1. The Hall–Kier alpha value is -3.65. The second-order valence-corrected chi connectivity index (χ2v) is 8.04. The quantitative estimate of drug-likeness (QED) is 0.353. The minimum atomic E-state index is -5.32. The molecule has 1 N–H and O–H groups in total. The zero-order valence-electron chi connectivity index (χ0n) is 15.6. The van der Waals surface area contributed by atoms with Gasteiger partial charge in [0.2, 0.25) is 0 Å². The van der Waals surface area contributed by atoms with E-state index < -0.39 is 28.8 Å². The third-order valence-electron chi connectivity index (χ3n) is 5.15. The van der Waals surface area contributed by atoms with E-state index in [2.05, 4.69) is 0 Å². The van der Waals surface area contributed by atoms with Crippen LogP contribution in [0.4, 0.5) is 13.2 Å². The predicted octanol–water partition coefficient (Wildman–Crippen LogP) is 5.81. The number of aromatic hydroxyl groups is 1. The molecule has 5 rings (SSSR count). The van der Waals surface area contributed by atoms with Crippen molar-refractivity contribution in [3.8, 4) is 11.4 Å². The third-order valence-corrected chi connectivity index (χ3v) is 6.29. The molecule has 5 aromatic rings. The van der Waals surface area contributed by atoms with Crippen LogP contribution in [0, 0.1) is 0 Å². The van der Waals surface area contributed by atoms with Crippen molar-refractivity contribution in [3.63, 3.8) is 0 Å². The molecule has 0 radical (unpaired) electrons. The van der Waals surface area contributed by atoms with Gasteiger partial charge in [0.1, 0.15) is 11.3 Å². The number of benzene rings is 3. The highest BCUT2D eigenvalue weighted by atomic mass is 32.1. The number of thiophene rings is 1. The number of ketones is 1. The van der Waals surface area contributed by atoms with E-state index in [9.17, 15) is 27.9 Å². The highest BCUT2D eigenvalue weighted by Gasteiger charge is 2.43. The van der Waals surface area contributed by atoms with Crippen LogP contribution in [0.15, 0.2) is 71.5 Å². The summed E-state index contributed by atoms with van der Waals surface area (Å²) in [6, 6.07) is 18.6. The number of nitrogens with zero attached hydrogens (tertiary/aromatic N) is 1. The fourth-order valence-electron chi connectivity index (χ4n) is 3.86. The molecule has 0 spiro atoms. The lowest BCUT2D eigenvalue weighted by Gasteiger charge is -2.16. The molecule has 3 aromatic carbocycles. The molecule has 0 saturated carbocycles. The second-order valence-electron chi connectivity index (χ2n) is 6.96. The summed E-state index contributed by atoms with van der Waals surface area (Å²) in [6.45, 7) is 0. The van der Waals surface area contributed by atoms with Crippen molar-refractivity contribution in [1.29, 1.82) is 0 Å². The molecule has 8 heteroatoms. The number of fused-ring (bicyclic) bond motifs is 5. The van der Waals surface area contributed by atoms with E-state index in [-0.39, 0.29) is 16.6 Å². The zero-order chi connectivity index (χ0) is 21.9. The lowest BCUT2D eigenvalue weighted by molar-refractivity contribution is -0.0887. The Labute approximate surface area is 176 Å². The Balaban J connectivity index is 2.07. The van der Waals surface area contributed by atoms with Crippen LogP contribution in [0.5, 0.6) is 5.75 Å². The zero-order valence-corrected chi connectivity index (χ0v) is 16.4. The molecule has 4 nitrogen and oxygen atoms in total. The van der Waals surface area contributed by atoms with E-state index >= 15 is 0 Å². The van der Waals surface area contributed by atoms with Crippen LogP contribution in [0.3, 0.4) is 0 Å². The summed E-state index contributed by atoms with van der Waals surface area (Å²) in [6.07, 6.45) is -5.32. The van der Waals surface area contributed by atoms with Crippen LogP contribution < -0.4 is 5.56 Å². The normalized spacial score (nSPS) is 12.1. The fourth-order valence-corrected chi connectivity index (χ4v) is 4.97. The Bertz CT molecular complexity index is 1570. The molecule has 0 aliphatic carbocycles. The number of rotatable bonds is 2. The van der Waals surface area contributed by atoms with Crippen LogP contribution in [0.2, 0.25) is 0 Å². The summed E-state index contributed by atoms with van der Waals surface area (Å²) in [7, 11) is 0. The second kappa shape index (κ2) is 6.68. The first kappa shape index (κ1) is 19.3. The number of pyridine rings is 1. The summed E-state index contributed by atoms with van der Waals surface area (Å²) in [4.78, 5) is 25.3. The van der Waals surface area contributed by atoms with Gasteiger partial charge in [0.15, 0.2) is 0 Å². The Morgan fingerprint density at radius 2 is 1.55 bits per heavy atom. The molecule has 0 bridgehead atoms. The summed E-state index contributed by atoms with van der Waals surface area (Å²) >= 11 is 1.41.